The number of rotatable bonds is 7. The first-order chi connectivity index (χ1) is 7.24. The fourth-order valence-corrected chi connectivity index (χ4v) is 1.38. The first-order valence-corrected chi connectivity index (χ1v) is 5.24. The van der Waals surface area contributed by atoms with Gasteiger partial charge in [-0.25, -0.2) is 4.98 Å². The van der Waals surface area contributed by atoms with Crippen LogP contribution >= 0.6 is 0 Å². The molecular formula is C11H20N4. The maximum absolute atomic E-state index is 4.24. The van der Waals surface area contributed by atoms with Crippen molar-refractivity contribution < 1.29 is 0 Å². The van der Waals surface area contributed by atoms with Gasteiger partial charge in [-0.15, -0.1) is 6.58 Å². The number of anilines is 1. The van der Waals surface area contributed by atoms with Gasteiger partial charge in [0, 0.05) is 25.5 Å². The first-order valence-electron chi connectivity index (χ1n) is 5.24. The molecule has 0 spiro atoms. The fraction of sp³-hybridized carbons (Fsp3) is 0.545. The van der Waals surface area contributed by atoms with Gasteiger partial charge < -0.3 is 14.8 Å². The van der Waals surface area contributed by atoms with Crippen LogP contribution in [0.2, 0.25) is 0 Å². The van der Waals surface area contributed by atoms with E-state index in [4.69, 9.17) is 0 Å². The Bertz CT molecular complexity index is 291. The molecule has 0 fully saturated rings. The second-order valence-electron chi connectivity index (χ2n) is 3.77. The van der Waals surface area contributed by atoms with Crippen LogP contribution in [-0.2, 0) is 6.54 Å². The zero-order chi connectivity index (χ0) is 11.1. The third kappa shape index (κ3) is 4.16. The summed E-state index contributed by atoms with van der Waals surface area (Å²) in [6, 6.07) is 0. The van der Waals surface area contributed by atoms with Gasteiger partial charge in [-0.05, 0) is 27.1 Å². The minimum Gasteiger partial charge on any atom is -0.352 e. The van der Waals surface area contributed by atoms with Gasteiger partial charge >= 0.3 is 0 Å². The minimum absolute atomic E-state index is 0.755. The van der Waals surface area contributed by atoms with Gasteiger partial charge in [-0.2, -0.15) is 0 Å². The zero-order valence-corrected chi connectivity index (χ0v) is 9.61. The lowest BCUT2D eigenvalue weighted by molar-refractivity contribution is 0.387. The Kier molecular flexibility index (Phi) is 4.90. The van der Waals surface area contributed by atoms with Crippen molar-refractivity contribution in [1.29, 1.82) is 0 Å². The van der Waals surface area contributed by atoms with Gasteiger partial charge in [0.2, 0.25) is 5.95 Å². The van der Waals surface area contributed by atoms with E-state index < -0.39 is 0 Å². The summed E-state index contributed by atoms with van der Waals surface area (Å²) in [7, 11) is 4.18. The number of hydrogen-bond donors (Lipinski definition) is 1. The van der Waals surface area contributed by atoms with Gasteiger partial charge in [-0.1, -0.05) is 6.08 Å². The van der Waals surface area contributed by atoms with Crippen molar-refractivity contribution in [3.8, 4) is 0 Å². The van der Waals surface area contributed by atoms with Crippen molar-refractivity contribution in [2.75, 3.05) is 32.5 Å². The molecule has 1 rings (SSSR count). The molecule has 4 heteroatoms. The number of hydrogen-bond acceptors (Lipinski definition) is 3. The molecule has 0 saturated carbocycles. The van der Waals surface area contributed by atoms with Crippen molar-refractivity contribution in [3.63, 3.8) is 0 Å². The van der Waals surface area contributed by atoms with Crippen LogP contribution in [0.15, 0.2) is 25.0 Å². The van der Waals surface area contributed by atoms with Crippen molar-refractivity contribution >= 4 is 5.95 Å². The lowest BCUT2D eigenvalue weighted by Gasteiger charge is -2.11. The molecule has 15 heavy (non-hydrogen) atoms. The van der Waals surface area contributed by atoms with E-state index in [1.54, 1.807) is 0 Å². The van der Waals surface area contributed by atoms with Crippen LogP contribution in [0.3, 0.4) is 0 Å². The SMILES string of the molecule is C=CCNc1nccn1CCCN(C)C. The van der Waals surface area contributed by atoms with E-state index in [9.17, 15) is 0 Å². The van der Waals surface area contributed by atoms with Crippen LogP contribution < -0.4 is 5.32 Å². The third-order valence-corrected chi connectivity index (χ3v) is 2.12. The lowest BCUT2D eigenvalue weighted by atomic mass is 10.4. The zero-order valence-electron chi connectivity index (χ0n) is 9.61. The molecule has 1 aromatic rings. The highest BCUT2D eigenvalue weighted by Crippen LogP contribution is 2.04. The highest BCUT2D eigenvalue weighted by molar-refractivity contribution is 5.26. The topological polar surface area (TPSA) is 33.1 Å². The summed E-state index contributed by atoms with van der Waals surface area (Å²) in [6.45, 7) is 6.52. The Morgan fingerprint density at radius 1 is 1.60 bits per heavy atom. The molecule has 0 radical (unpaired) electrons. The standard InChI is InChI=1S/C11H20N4/c1-4-6-12-11-13-7-10-15(11)9-5-8-14(2)3/h4,7,10H,1,5-6,8-9H2,2-3H3,(H,12,13). The van der Waals surface area contributed by atoms with Gasteiger partial charge in [0.05, 0.1) is 0 Å². The third-order valence-electron chi connectivity index (χ3n) is 2.12. The maximum Gasteiger partial charge on any atom is 0.203 e. The summed E-state index contributed by atoms with van der Waals surface area (Å²) in [6.07, 6.45) is 6.78. The van der Waals surface area contributed by atoms with Crippen LogP contribution in [0.4, 0.5) is 5.95 Å². The Labute approximate surface area is 91.6 Å². The van der Waals surface area contributed by atoms with Gasteiger partial charge in [0.1, 0.15) is 0 Å². The Morgan fingerprint density at radius 2 is 2.40 bits per heavy atom. The highest BCUT2D eigenvalue weighted by atomic mass is 15.2. The fourth-order valence-electron chi connectivity index (χ4n) is 1.38. The first kappa shape index (κ1) is 11.8. The Morgan fingerprint density at radius 3 is 3.07 bits per heavy atom. The van der Waals surface area contributed by atoms with Crippen molar-refractivity contribution in [2.24, 2.45) is 0 Å². The van der Waals surface area contributed by atoms with E-state index in [0.717, 1.165) is 32.0 Å². The average Bonchev–Trinajstić information content (AvgIpc) is 2.62. The van der Waals surface area contributed by atoms with Crippen molar-refractivity contribution in [2.45, 2.75) is 13.0 Å². The highest BCUT2D eigenvalue weighted by Gasteiger charge is 2.00. The van der Waals surface area contributed by atoms with E-state index in [1.165, 1.54) is 0 Å². The largest absolute Gasteiger partial charge is 0.352 e. The van der Waals surface area contributed by atoms with Crippen molar-refractivity contribution in [1.82, 2.24) is 14.5 Å². The number of nitrogens with one attached hydrogen (secondary N) is 1. The molecule has 1 heterocycles. The van der Waals surface area contributed by atoms with Gasteiger partial charge in [-0.3, -0.25) is 0 Å². The van der Waals surface area contributed by atoms with Crippen molar-refractivity contribution in [3.05, 3.63) is 25.0 Å². The molecule has 84 valence electrons. The van der Waals surface area contributed by atoms with Crippen LogP contribution in [-0.4, -0.2) is 41.6 Å². The van der Waals surface area contributed by atoms with Crippen LogP contribution in [0.1, 0.15) is 6.42 Å². The van der Waals surface area contributed by atoms with E-state index in [0.29, 0.717) is 0 Å². The second kappa shape index (κ2) is 6.24. The maximum atomic E-state index is 4.24. The lowest BCUT2D eigenvalue weighted by Crippen LogP contribution is -2.15. The van der Waals surface area contributed by atoms with Crippen LogP contribution in [0.5, 0.6) is 0 Å². The number of aromatic nitrogens is 2. The summed E-state index contributed by atoms with van der Waals surface area (Å²) < 4.78 is 2.13. The molecule has 0 saturated heterocycles. The van der Waals surface area contributed by atoms with E-state index in [1.807, 2.05) is 18.5 Å². The quantitative estimate of drug-likeness (QED) is 0.688. The monoisotopic (exact) mass is 208 g/mol. The number of nitrogens with zero attached hydrogens (tertiary/aromatic N) is 3. The molecule has 4 nitrogen and oxygen atoms in total. The normalized spacial score (nSPS) is 10.6. The van der Waals surface area contributed by atoms with Crippen LogP contribution in [0.25, 0.3) is 0 Å². The van der Waals surface area contributed by atoms with Gasteiger partial charge in [0.15, 0.2) is 0 Å². The summed E-state index contributed by atoms with van der Waals surface area (Å²) in [5.74, 6) is 0.925. The summed E-state index contributed by atoms with van der Waals surface area (Å²) in [5, 5.41) is 3.20. The molecule has 1 aromatic heterocycles. The van der Waals surface area contributed by atoms with E-state index >= 15 is 0 Å². The molecule has 0 atom stereocenters. The molecule has 0 aliphatic heterocycles. The Hall–Kier alpha value is -1.29. The molecule has 1 N–H and O–H groups in total. The molecular weight excluding hydrogens is 188 g/mol. The predicted octanol–water partition coefficient (Wildman–Crippen LogP) is 1.43. The number of imidazole rings is 1. The summed E-state index contributed by atoms with van der Waals surface area (Å²) >= 11 is 0. The Balaban J connectivity index is 2.39. The van der Waals surface area contributed by atoms with Gasteiger partial charge in [0.25, 0.3) is 0 Å². The smallest absolute Gasteiger partial charge is 0.203 e. The molecule has 0 aromatic carbocycles. The molecule has 0 amide bonds. The summed E-state index contributed by atoms with van der Waals surface area (Å²) in [5.41, 5.74) is 0. The molecule has 0 aliphatic rings. The molecule has 0 unspecified atom stereocenters. The predicted molar refractivity (Wildman–Crippen MR) is 64.1 cm³/mol. The number of aryl methyl sites for hydroxylation is 1. The minimum atomic E-state index is 0.755. The van der Waals surface area contributed by atoms with E-state index in [2.05, 4.69) is 40.4 Å². The molecule has 0 aliphatic carbocycles. The second-order valence-corrected chi connectivity index (χ2v) is 3.77. The average molecular weight is 208 g/mol. The van der Waals surface area contributed by atoms with Crippen LogP contribution in [0, 0.1) is 0 Å². The summed E-state index contributed by atoms with van der Waals surface area (Å²) in [4.78, 5) is 6.43. The van der Waals surface area contributed by atoms with E-state index in [-0.39, 0.29) is 0 Å². The molecule has 0 bridgehead atoms.